The van der Waals surface area contributed by atoms with Crippen LogP contribution in [0, 0.1) is 16.7 Å². The molecule has 1 aromatic heterocycles. The molecule has 8 nitrogen and oxygen atoms in total. The quantitative estimate of drug-likeness (QED) is 0.737. The lowest BCUT2D eigenvalue weighted by molar-refractivity contribution is -0.192. The summed E-state index contributed by atoms with van der Waals surface area (Å²) in [6, 6.07) is 12.7. The summed E-state index contributed by atoms with van der Waals surface area (Å²) in [4.78, 5) is 41.7. The van der Waals surface area contributed by atoms with Gasteiger partial charge < -0.3 is 14.9 Å². The van der Waals surface area contributed by atoms with E-state index in [1.807, 2.05) is 11.0 Å². The number of carboxylic acids is 1. The number of benzene rings is 1. The Hall–Kier alpha value is -3.94. The highest BCUT2D eigenvalue weighted by atomic mass is 19.4. The average Bonchev–Trinajstić information content (AvgIpc) is 3.36. The van der Waals surface area contributed by atoms with Gasteiger partial charge in [0.15, 0.2) is 0 Å². The maximum atomic E-state index is 12.7. The van der Waals surface area contributed by atoms with E-state index in [9.17, 15) is 22.8 Å². The minimum atomic E-state index is -5.08. The third-order valence-corrected chi connectivity index (χ3v) is 5.48. The number of pyridine rings is 1. The van der Waals surface area contributed by atoms with E-state index in [4.69, 9.17) is 15.2 Å². The van der Waals surface area contributed by atoms with Crippen LogP contribution in [0.15, 0.2) is 48.8 Å². The third kappa shape index (κ3) is 5.46. The normalized spacial score (nSPS) is 19.8. The van der Waals surface area contributed by atoms with E-state index in [1.54, 1.807) is 47.6 Å². The maximum Gasteiger partial charge on any atom is 0.490 e. The van der Waals surface area contributed by atoms with Crippen molar-refractivity contribution in [1.29, 1.82) is 5.26 Å². The molecule has 1 aromatic carbocycles. The number of amides is 2. The Morgan fingerprint density at radius 1 is 1.18 bits per heavy atom. The number of carbonyl (C=O) groups is 3. The Kier molecular flexibility index (Phi) is 6.67. The van der Waals surface area contributed by atoms with E-state index >= 15 is 0 Å². The lowest BCUT2D eigenvalue weighted by Crippen LogP contribution is -2.34. The molecule has 172 valence electrons. The summed E-state index contributed by atoms with van der Waals surface area (Å²) in [6.07, 6.45) is -0.627. The van der Waals surface area contributed by atoms with Gasteiger partial charge in [0.25, 0.3) is 5.91 Å². The molecule has 11 heteroatoms. The first-order valence-corrected chi connectivity index (χ1v) is 9.85. The molecule has 0 aliphatic carbocycles. The Morgan fingerprint density at radius 3 is 2.52 bits per heavy atom. The molecule has 1 unspecified atom stereocenters. The number of aliphatic carboxylic acids is 1. The van der Waals surface area contributed by atoms with Gasteiger partial charge in [0.1, 0.15) is 0 Å². The monoisotopic (exact) mass is 460 g/mol. The van der Waals surface area contributed by atoms with Crippen molar-refractivity contribution in [2.75, 3.05) is 24.5 Å². The van der Waals surface area contributed by atoms with Crippen molar-refractivity contribution < 1.29 is 32.7 Å². The zero-order chi connectivity index (χ0) is 24.2. The molecule has 2 aromatic rings. The van der Waals surface area contributed by atoms with Crippen LogP contribution in [0.2, 0.25) is 0 Å². The molecular formula is C22H19F3N4O4. The van der Waals surface area contributed by atoms with Gasteiger partial charge >= 0.3 is 12.1 Å². The first kappa shape index (κ1) is 23.7. The van der Waals surface area contributed by atoms with Gasteiger partial charge in [-0.15, -0.1) is 0 Å². The number of halogens is 3. The van der Waals surface area contributed by atoms with Crippen LogP contribution in [0.5, 0.6) is 0 Å². The number of aromatic nitrogens is 1. The van der Waals surface area contributed by atoms with Crippen LogP contribution in [0.4, 0.5) is 18.9 Å². The highest BCUT2D eigenvalue weighted by Gasteiger charge is 2.48. The third-order valence-electron chi connectivity index (χ3n) is 5.48. The lowest BCUT2D eigenvalue weighted by atomic mass is 9.86. The highest BCUT2D eigenvalue weighted by molar-refractivity contribution is 5.97. The summed E-state index contributed by atoms with van der Waals surface area (Å²) >= 11 is 0. The second kappa shape index (κ2) is 9.28. The molecule has 2 aliphatic rings. The number of hydrogen-bond donors (Lipinski definition) is 1. The van der Waals surface area contributed by atoms with Crippen molar-refractivity contribution >= 4 is 23.5 Å². The average molecular weight is 460 g/mol. The van der Waals surface area contributed by atoms with Gasteiger partial charge in [-0.25, -0.2) is 4.79 Å². The number of rotatable bonds is 2. The van der Waals surface area contributed by atoms with Gasteiger partial charge in [0, 0.05) is 49.6 Å². The largest absolute Gasteiger partial charge is 0.490 e. The summed E-state index contributed by atoms with van der Waals surface area (Å²) in [7, 11) is 0. The van der Waals surface area contributed by atoms with Gasteiger partial charge in [0.2, 0.25) is 5.91 Å². The number of likely N-dealkylation sites (tertiary alicyclic amines) is 1. The van der Waals surface area contributed by atoms with Gasteiger partial charge in [-0.3, -0.25) is 14.6 Å². The molecule has 2 fully saturated rings. The van der Waals surface area contributed by atoms with Gasteiger partial charge in [-0.05, 0) is 36.8 Å². The molecule has 2 aliphatic heterocycles. The van der Waals surface area contributed by atoms with E-state index in [-0.39, 0.29) is 17.2 Å². The number of carbonyl (C=O) groups excluding carboxylic acids is 2. The fourth-order valence-electron chi connectivity index (χ4n) is 3.93. The minimum absolute atomic E-state index is 0.0349. The SMILES string of the molecule is N#Cc1cccc(N2CC3(CCN(C(=O)c4cccnc4)C3)CC2=O)c1.O=C(O)C(F)(F)F. The van der Waals surface area contributed by atoms with Crippen molar-refractivity contribution in [3.05, 3.63) is 59.9 Å². The zero-order valence-electron chi connectivity index (χ0n) is 17.2. The van der Waals surface area contributed by atoms with E-state index in [2.05, 4.69) is 11.1 Å². The summed E-state index contributed by atoms with van der Waals surface area (Å²) in [5, 5.41) is 16.2. The molecule has 2 saturated heterocycles. The number of nitriles is 1. The number of nitrogens with zero attached hydrogens (tertiary/aromatic N) is 4. The Labute approximate surface area is 186 Å². The number of anilines is 1. The maximum absolute atomic E-state index is 12.7. The second-order valence-electron chi connectivity index (χ2n) is 7.84. The molecule has 1 atom stereocenters. The van der Waals surface area contributed by atoms with E-state index in [0.29, 0.717) is 37.2 Å². The smallest absolute Gasteiger partial charge is 0.475 e. The van der Waals surface area contributed by atoms with Crippen LogP contribution in [0.1, 0.15) is 28.8 Å². The van der Waals surface area contributed by atoms with Crippen LogP contribution >= 0.6 is 0 Å². The predicted molar refractivity (Wildman–Crippen MR) is 109 cm³/mol. The summed E-state index contributed by atoms with van der Waals surface area (Å²) < 4.78 is 31.7. The fraction of sp³-hybridized carbons (Fsp3) is 0.318. The first-order chi connectivity index (χ1) is 15.5. The van der Waals surface area contributed by atoms with Crippen LogP contribution in [-0.2, 0) is 9.59 Å². The fourth-order valence-corrected chi connectivity index (χ4v) is 3.93. The Balaban J connectivity index is 0.000000383. The summed E-state index contributed by atoms with van der Waals surface area (Å²) in [6.45, 7) is 1.80. The molecule has 0 radical (unpaired) electrons. The predicted octanol–water partition coefficient (Wildman–Crippen LogP) is 2.86. The first-order valence-electron chi connectivity index (χ1n) is 9.85. The van der Waals surface area contributed by atoms with Crippen molar-refractivity contribution in [2.45, 2.75) is 19.0 Å². The standard InChI is InChI=1S/C20H18N4O2.C2HF3O2/c21-11-15-3-1-5-17(9-15)24-14-20(10-18(24)25)6-8-23(13-20)19(26)16-4-2-7-22-12-16;3-2(4,5)1(6)7/h1-5,7,9,12H,6,8,10,13-14H2;(H,6,7). The topological polar surface area (TPSA) is 115 Å². The molecule has 0 saturated carbocycles. The van der Waals surface area contributed by atoms with Crippen molar-refractivity contribution in [3.63, 3.8) is 0 Å². The van der Waals surface area contributed by atoms with Crippen LogP contribution in [0.25, 0.3) is 0 Å². The van der Waals surface area contributed by atoms with E-state index in [1.165, 1.54) is 0 Å². The minimum Gasteiger partial charge on any atom is -0.475 e. The van der Waals surface area contributed by atoms with Crippen LogP contribution in [0.3, 0.4) is 0 Å². The molecule has 1 N–H and O–H groups in total. The number of hydrogen-bond acceptors (Lipinski definition) is 5. The van der Waals surface area contributed by atoms with Gasteiger partial charge in [-0.1, -0.05) is 6.07 Å². The number of alkyl halides is 3. The molecule has 33 heavy (non-hydrogen) atoms. The molecule has 0 bridgehead atoms. The zero-order valence-corrected chi connectivity index (χ0v) is 17.2. The lowest BCUT2D eigenvalue weighted by Gasteiger charge is -2.24. The molecule has 3 heterocycles. The van der Waals surface area contributed by atoms with Gasteiger partial charge in [0.05, 0.1) is 17.2 Å². The van der Waals surface area contributed by atoms with Crippen molar-refractivity contribution in [1.82, 2.24) is 9.88 Å². The Morgan fingerprint density at radius 2 is 1.91 bits per heavy atom. The second-order valence-corrected chi connectivity index (χ2v) is 7.84. The van der Waals surface area contributed by atoms with Crippen molar-refractivity contribution in [2.24, 2.45) is 5.41 Å². The summed E-state index contributed by atoms with van der Waals surface area (Å²) in [5.74, 6) is -2.74. The summed E-state index contributed by atoms with van der Waals surface area (Å²) in [5.41, 5.74) is 1.66. The van der Waals surface area contributed by atoms with E-state index in [0.717, 1.165) is 12.1 Å². The molecule has 2 amide bonds. The van der Waals surface area contributed by atoms with Gasteiger partial charge in [-0.2, -0.15) is 18.4 Å². The molecule has 4 rings (SSSR count). The highest BCUT2D eigenvalue weighted by Crippen LogP contribution is 2.42. The van der Waals surface area contributed by atoms with E-state index < -0.39 is 12.1 Å². The van der Waals surface area contributed by atoms with Crippen molar-refractivity contribution in [3.8, 4) is 6.07 Å². The van der Waals surface area contributed by atoms with Crippen LogP contribution in [-0.4, -0.2) is 58.6 Å². The number of carboxylic acid groups (broad SMARTS) is 1. The molecule has 1 spiro atoms. The Bertz CT molecular complexity index is 1100. The molecular weight excluding hydrogens is 441 g/mol. The van der Waals surface area contributed by atoms with Crippen LogP contribution < -0.4 is 4.90 Å².